The molecule has 1 saturated heterocycles. The van der Waals surface area contributed by atoms with Crippen LogP contribution in [-0.4, -0.2) is 14.0 Å². The molecule has 2 aromatic carbocycles. The predicted octanol–water partition coefficient (Wildman–Crippen LogP) is 5.98. The van der Waals surface area contributed by atoms with E-state index in [2.05, 4.69) is 67.0 Å². The molecule has 1 aliphatic rings. The van der Waals surface area contributed by atoms with Crippen LogP contribution in [-0.2, 0) is 11.2 Å². The van der Waals surface area contributed by atoms with Gasteiger partial charge in [0.05, 0.1) is 6.04 Å². The third kappa shape index (κ3) is 6.34. The lowest BCUT2D eigenvalue weighted by Gasteiger charge is -2.20. The van der Waals surface area contributed by atoms with Gasteiger partial charge < -0.3 is 5.32 Å². The topological polar surface area (TPSA) is 29.1 Å². The minimum Gasteiger partial charge on any atom is -0.338 e. The van der Waals surface area contributed by atoms with E-state index in [9.17, 15) is 4.79 Å². The van der Waals surface area contributed by atoms with Gasteiger partial charge in [0.15, 0.2) is 0 Å². The minimum absolute atomic E-state index is 0.0578. The largest absolute Gasteiger partial charge is 0.338 e. The summed E-state index contributed by atoms with van der Waals surface area (Å²) in [5.74, 6) is 2.91. The van der Waals surface area contributed by atoms with Crippen molar-refractivity contribution in [3.05, 3.63) is 71.3 Å². The van der Waals surface area contributed by atoms with Crippen molar-refractivity contribution in [2.45, 2.75) is 70.1 Å². The molecule has 2 nitrogen and oxygen atoms in total. The lowest BCUT2D eigenvalue weighted by Crippen LogP contribution is -2.31. The summed E-state index contributed by atoms with van der Waals surface area (Å²) in [5.41, 5.74) is 7.13. The Kier molecular flexibility index (Phi) is 7.72. The highest BCUT2D eigenvalue weighted by Gasteiger charge is 2.34. The van der Waals surface area contributed by atoms with Crippen LogP contribution in [0.2, 0.25) is 18.1 Å². The van der Waals surface area contributed by atoms with Crippen LogP contribution in [0.25, 0.3) is 0 Å². The van der Waals surface area contributed by atoms with E-state index in [1.807, 2.05) is 18.2 Å². The molecule has 0 spiro atoms. The van der Waals surface area contributed by atoms with Crippen LogP contribution in [0, 0.1) is 18.4 Å². The molecule has 1 heterocycles. The molecule has 152 valence electrons. The first-order chi connectivity index (χ1) is 14.1. The van der Waals surface area contributed by atoms with E-state index >= 15 is 0 Å². The van der Waals surface area contributed by atoms with Crippen LogP contribution in [0.5, 0.6) is 0 Å². The number of amides is 1. The smallest absolute Gasteiger partial charge is 0.295 e. The molecule has 3 rings (SSSR count). The lowest BCUT2D eigenvalue weighted by atomic mass is 9.98. The molecule has 1 atom stereocenters. The molecule has 0 aliphatic carbocycles. The van der Waals surface area contributed by atoms with Gasteiger partial charge in [0.2, 0.25) is 0 Å². The van der Waals surface area contributed by atoms with Crippen molar-refractivity contribution < 1.29 is 4.79 Å². The summed E-state index contributed by atoms with van der Waals surface area (Å²) in [6.07, 6.45) is 5.84. The average Bonchev–Trinajstić information content (AvgIpc) is 3.22. The number of carbonyl (C=O) groups is 1. The summed E-state index contributed by atoms with van der Waals surface area (Å²) < 4.78 is 0. The Hall–Kier alpha value is -2.31. The molecule has 1 amide bonds. The fourth-order valence-electron chi connectivity index (χ4n) is 4.29. The van der Waals surface area contributed by atoms with Crippen molar-refractivity contribution in [1.29, 1.82) is 0 Å². The fraction of sp³-hybridized carbons (Fsp3) is 0.423. The van der Waals surface area contributed by atoms with Crippen LogP contribution >= 0.6 is 0 Å². The molecule has 0 bridgehead atoms. The number of aryl methyl sites for hydroxylation is 1. The molecule has 29 heavy (non-hydrogen) atoms. The molecule has 1 N–H and O–H groups in total. The van der Waals surface area contributed by atoms with Crippen molar-refractivity contribution >= 4 is 14.0 Å². The standard InChI is InChI=1S/C26H33NOSi/c1-3-4-17-29(18-8-9-19-29)20-16-26(28)27-25(24-10-6-5-7-11-24)21-23-14-12-22(2)13-15-23/h5-7,10-15,25H,3-4,8-9,17-19,21H2,1-2H3,(H,27,28). The second kappa shape index (κ2) is 10.5. The van der Waals surface area contributed by atoms with Gasteiger partial charge in [-0.05, 0) is 48.5 Å². The third-order valence-electron chi connectivity index (χ3n) is 6.08. The van der Waals surface area contributed by atoms with Gasteiger partial charge in [-0.2, -0.15) is 0 Å². The van der Waals surface area contributed by atoms with Gasteiger partial charge >= 0.3 is 0 Å². The number of carbonyl (C=O) groups excluding carboxylic acids is 1. The summed E-state index contributed by atoms with van der Waals surface area (Å²) in [5, 5.41) is 3.20. The van der Waals surface area contributed by atoms with Crippen LogP contribution in [0.1, 0.15) is 55.3 Å². The highest BCUT2D eigenvalue weighted by Crippen LogP contribution is 2.34. The number of hydrogen-bond donors (Lipinski definition) is 1. The average molecular weight is 404 g/mol. The van der Waals surface area contributed by atoms with Crippen molar-refractivity contribution in [3.63, 3.8) is 0 Å². The monoisotopic (exact) mass is 403 g/mol. The Labute approximate surface area is 177 Å². The van der Waals surface area contributed by atoms with Gasteiger partial charge in [0, 0.05) is 0 Å². The van der Waals surface area contributed by atoms with Gasteiger partial charge in [0.25, 0.3) is 5.91 Å². The van der Waals surface area contributed by atoms with Crippen molar-refractivity contribution in [2.75, 3.05) is 0 Å². The van der Waals surface area contributed by atoms with Crippen molar-refractivity contribution in [2.24, 2.45) is 0 Å². The maximum atomic E-state index is 12.8. The van der Waals surface area contributed by atoms with Gasteiger partial charge in [0.1, 0.15) is 8.07 Å². The summed E-state index contributed by atoms with van der Waals surface area (Å²) in [6, 6.07) is 22.5. The fourth-order valence-corrected chi connectivity index (χ4v) is 8.67. The van der Waals surface area contributed by atoms with E-state index in [1.54, 1.807) is 0 Å². The first-order valence-electron chi connectivity index (χ1n) is 11.0. The zero-order chi connectivity index (χ0) is 20.5. The van der Waals surface area contributed by atoms with Crippen LogP contribution < -0.4 is 5.32 Å². The molecule has 1 aliphatic heterocycles. The zero-order valence-electron chi connectivity index (χ0n) is 17.8. The Morgan fingerprint density at radius 2 is 1.76 bits per heavy atom. The number of nitrogens with one attached hydrogen (secondary N) is 1. The van der Waals surface area contributed by atoms with Crippen LogP contribution in [0.4, 0.5) is 0 Å². The molecule has 2 aromatic rings. The van der Waals surface area contributed by atoms with Gasteiger partial charge in [-0.15, -0.1) is 5.54 Å². The third-order valence-corrected chi connectivity index (χ3v) is 10.7. The predicted molar refractivity (Wildman–Crippen MR) is 124 cm³/mol. The molecule has 1 fully saturated rings. The molecular weight excluding hydrogens is 370 g/mol. The van der Waals surface area contributed by atoms with E-state index in [1.165, 1.54) is 54.9 Å². The van der Waals surface area contributed by atoms with Gasteiger partial charge in [-0.1, -0.05) is 92.8 Å². The Morgan fingerprint density at radius 1 is 1.07 bits per heavy atom. The first kappa shape index (κ1) is 21.4. The maximum absolute atomic E-state index is 12.8. The van der Waals surface area contributed by atoms with E-state index < -0.39 is 8.07 Å². The number of rotatable bonds is 7. The second-order valence-electron chi connectivity index (χ2n) is 8.47. The molecule has 1 unspecified atom stereocenters. The SMILES string of the molecule is CCCC[Si]1(C#CC(=O)NC(Cc2ccc(C)cc2)c2ccccc2)CCCC1. The van der Waals surface area contributed by atoms with Crippen molar-refractivity contribution in [1.82, 2.24) is 5.32 Å². The zero-order valence-corrected chi connectivity index (χ0v) is 18.8. The lowest BCUT2D eigenvalue weighted by molar-refractivity contribution is -0.116. The summed E-state index contributed by atoms with van der Waals surface area (Å²) in [4.78, 5) is 12.8. The highest BCUT2D eigenvalue weighted by atomic mass is 28.3. The normalized spacial score (nSPS) is 15.9. The van der Waals surface area contributed by atoms with E-state index in [4.69, 9.17) is 0 Å². The number of hydrogen-bond acceptors (Lipinski definition) is 1. The van der Waals surface area contributed by atoms with E-state index in [0.717, 1.165) is 12.0 Å². The Morgan fingerprint density at radius 3 is 2.41 bits per heavy atom. The molecule has 0 radical (unpaired) electrons. The molecular formula is C26H33NOSi. The quantitative estimate of drug-likeness (QED) is 0.447. The Bertz CT molecular complexity index is 842. The number of unbranched alkanes of at least 4 members (excludes halogenated alkanes) is 1. The summed E-state index contributed by atoms with van der Waals surface area (Å²) in [7, 11) is -1.55. The molecule has 0 saturated carbocycles. The second-order valence-corrected chi connectivity index (χ2v) is 12.8. The summed E-state index contributed by atoms with van der Waals surface area (Å²) >= 11 is 0. The molecule has 3 heteroatoms. The minimum atomic E-state index is -1.55. The van der Waals surface area contributed by atoms with Crippen molar-refractivity contribution in [3.8, 4) is 11.5 Å². The van der Waals surface area contributed by atoms with Gasteiger partial charge in [-0.25, -0.2) is 0 Å². The van der Waals surface area contributed by atoms with Crippen LogP contribution in [0.3, 0.4) is 0 Å². The Balaban J connectivity index is 1.73. The van der Waals surface area contributed by atoms with Gasteiger partial charge in [-0.3, -0.25) is 4.79 Å². The van der Waals surface area contributed by atoms with Crippen LogP contribution in [0.15, 0.2) is 54.6 Å². The van der Waals surface area contributed by atoms with E-state index in [0.29, 0.717) is 0 Å². The maximum Gasteiger partial charge on any atom is 0.295 e. The highest BCUT2D eigenvalue weighted by molar-refractivity contribution is 6.88. The number of benzene rings is 2. The van der Waals surface area contributed by atoms with E-state index in [-0.39, 0.29) is 11.9 Å². The molecule has 0 aromatic heterocycles. The summed E-state index contributed by atoms with van der Waals surface area (Å²) in [6.45, 7) is 4.34. The first-order valence-corrected chi connectivity index (χ1v) is 13.7.